The van der Waals surface area contributed by atoms with Crippen LogP contribution in [0.2, 0.25) is 0 Å². The Labute approximate surface area is 113 Å². The number of hydrogen-bond donors (Lipinski definition) is 1. The molecule has 0 fully saturated rings. The Kier molecular flexibility index (Phi) is 3.16. The SMILES string of the molecule is CNC(c1cccs1)c1cc2cc(F)ccc2s1. The fourth-order valence-electron chi connectivity index (χ4n) is 2.06. The Morgan fingerprint density at radius 3 is 2.78 bits per heavy atom. The minimum Gasteiger partial charge on any atom is -0.308 e. The first-order valence-corrected chi connectivity index (χ1v) is 7.37. The molecule has 0 saturated carbocycles. The number of nitrogens with one attached hydrogen (secondary N) is 1. The fraction of sp³-hybridized carbons (Fsp3) is 0.143. The van der Waals surface area contributed by atoms with E-state index in [1.54, 1.807) is 28.7 Å². The van der Waals surface area contributed by atoms with Gasteiger partial charge in [-0.1, -0.05) is 6.07 Å². The molecule has 0 radical (unpaired) electrons. The third kappa shape index (κ3) is 2.07. The summed E-state index contributed by atoms with van der Waals surface area (Å²) in [6.45, 7) is 0. The van der Waals surface area contributed by atoms with Gasteiger partial charge in [0.1, 0.15) is 5.82 Å². The number of hydrogen-bond acceptors (Lipinski definition) is 3. The van der Waals surface area contributed by atoms with Crippen LogP contribution in [0.4, 0.5) is 4.39 Å². The second kappa shape index (κ2) is 4.80. The molecule has 2 heterocycles. The van der Waals surface area contributed by atoms with Crippen LogP contribution in [0.5, 0.6) is 0 Å². The van der Waals surface area contributed by atoms with E-state index in [2.05, 4.69) is 28.9 Å². The molecule has 0 aliphatic rings. The van der Waals surface area contributed by atoms with Crippen molar-refractivity contribution in [2.75, 3.05) is 7.05 Å². The molecule has 2 aromatic heterocycles. The van der Waals surface area contributed by atoms with E-state index in [1.165, 1.54) is 15.8 Å². The molecule has 1 aromatic carbocycles. The number of rotatable bonds is 3. The Balaban J connectivity index is 2.07. The normalized spacial score (nSPS) is 13.0. The molecule has 3 rings (SSSR count). The van der Waals surface area contributed by atoms with Crippen LogP contribution >= 0.6 is 22.7 Å². The molecular formula is C14H12FNS2. The summed E-state index contributed by atoms with van der Waals surface area (Å²) in [6.07, 6.45) is 0. The lowest BCUT2D eigenvalue weighted by Crippen LogP contribution is -2.14. The van der Waals surface area contributed by atoms with E-state index < -0.39 is 0 Å². The van der Waals surface area contributed by atoms with E-state index in [0.717, 1.165) is 10.1 Å². The maximum Gasteiger partial charge on any atom is 0.123 e. The summed E-state index contributed by atoms with van der Waals surface area (Å²) in [5.74, 6) is -0.177. The average molecular weight is 277 g/mol. The first kappa shape index (κ1) is 11.8. The smallest absolute Gasteiger partial charge is 0.123 e. The van der Waals surface area contributed by atoms with Crippen molar-refractivity contribution < 1.29 is 4.39 Å². The molecule has 1 unspecified atom stereocenters. The minimum atomic E-state index is -0.177. The van der Waals surface area contributed by atoms with Crippen LogP contribution in [0, 0.1) is 5.82 Å². The van der Waals surface area contributed by atoms with Crippen molar-refractivity contribution >= 4 is 32.8 Å². The van der Waals surface area contributed by atoms with Gasteiger partial charge in [0.15, 0.2) is 0 Å². The van der Waals surface area contributed by atoms with E-state index in [1.807, 2.05) is 13.1 Å². The Morgan fingerprint density at radius 2 is 2.06 bits per heavy atom. The van der Waals surface area contributed by atoms with Crippen molar-refractivity contribution in [1.82, 2.24) is 5.32 Å². The van der Waals surface area contributed by atoms with Crippen LogP contribution in [0.1, 0.15) is 15.8 Å². The zero-order chi connectivity index (χ0) is 12.5. The second-order valence-electron chi connectivity index (χ2n) is 4.07. The number of thiophene rings is 2. The summed E-state index contributed by atoms with van der Waals surface area (Å²) in [7, 11) is 1.95. The summed E-state index contributed by atoms with van der Waals surface area (Å²) in [5, 5.41) is 6.38. The van der Waals surface area contributed by atoms with Crippen molar-refractivity contribution in [3.05, 3.63) is 57.3 Å². The van der Waals surface area contributed by atoms with Gasteiger partial charge < -0.3 is 5.32 Å². The van der Waals surface area contributed by atoms with Crippen LogP contribution in [0.25, 0.3) is 10.1 Å². The largest absolute Gasteiger partial charge is 0.308 e. The molecule has 1 nitrogen and oxygen atoms in total. The van der Waals surface area contributed by atoms with Crippen molar-refractivity contribution in [2.24, 2.45) is 0 Å². The maximum atomic E-state index is 13.2. The molecule has 0 amide bonds. The fourth-order valence-corrected chi connectivity index (χ4v) is 4.16. The molecule has 18 heavy (non-hydrogen) atoms. The zero-order valence-electron chi connectivity index (χ0n) is 9.81. The molecule has 0 aliphatic heterocycles. The van der Waals surface area contributed by atoms with E-state index in [9.17, 15) is 4.39 Å². The van der Waals surface area contributed by atoms with E-state index in [4.69, 9.17) is 0 Å². The van der Waals surface area contributed by atoms with Gasteiger partial charge in [-0.05, 0) is 48.1 Å². The molecular weight excluding hydrogens is 265 g/mol. The highest BCUT2D eigenvalue weighted by Gasteiger charge is 2.15. The van der Waals surface area contributed by atoms with Crippen molar-refractivity contribution in [3.8, 4) is 0 Å². The van der Waals surface area contributed by atoms with Crippen LogP contribution in [-0.2, 0) is 0 Å². The predicted octanol–water partition coefficient (Wildman–Crippen LogP) is 4.41. The van der Waals surface area contributed by atoms with Crippen LogP contribution < -0.4 is 5.32 Å². The van der Waals surface area contributed by atoms with Gasteiger partial charge in [0.05, 0.1) is 6.04 Å². The summed E-state index contributed by atoms with van der Waals surface area (Å²) < 4.78 is 14.3. The monoisotopic (exact) mass is 277 g/mol. The molecule has 0 aliphatic carbocycles. The summed E-state index contributed by atoms with van der Waals surface area (Å²) >= 11 is 3.45. The van der Waals surface area contributed by atoms with Crippen LogP contribution in [0.15, 0.2) is 41.8 Å². The van der Waals surface area contributed by atoms with Gasteiger partial charge in [-0.15, -0.1) is 22.7 Å². The van der Waals surface area contributed by atoms with E-state index >= 15 is 0 Å². The molecule has 1 atom stereocenters. The lowest BCUT2D eigenvalue weighted by molar-refractivity contribution is 0.630. The molecule has 0 spiro atoms. The van der Waals surface area contributed by atoms with Crippen molar-refractivity contribution in [3.63, 3.8) is 0 Å². The van der Waals surface area contributed by atoms with Gasteiger partial charge in [-0.2, -0.15) is 0 Å². The summed E-state index contributed by atoms with van der Waals surface area (Å²) in [5.41, 5.74) is 0. The summed E-state index contributed by atoms with van der Waals surface area (Å²) in [4.78, 5) is 2.50. The third-order valence-corrected chi connectivity index (χ3v) is 5.02. The van der Waals surface area contributed by atoms with Crippen molar-refractivity contribution in [1.29, 1.82) is 0 Å². The quantitative estimate of drug-likeness (QED) is 0.747. The van der Waals surface area contributed by atoms with Gasteiger partial charge in [-0.3, -0.25) is 0 Å². The molecule has 1 N–H and O–H groups in total. The first-order chi connectivity index (χ1) is 8.78. The van der Waals surface area contributed by atoms with E-state index in [0.29, 0.717) is 0 Å². The van der Waals surface area contributed by atoms with Gasteiger partial charge in [0, 0.05) is 14.5 Å². The number of halogens is 1. The Morgan fingerprint density at radius 1 is 1.17 bits per heavy atom. The van der Waals surface area contributed by atoms with Gasteiger partial charge in [-0.25, -0.2) is 4.39 Å². The van der Waals surface area contributed by atoms with Gasteiger partial charge in [0.2, 0.25) is 0 Å². The Hall–Kier alpha value is -1.23. The topological polar surface area (TPSA) is 12.0 Å². The van der Waals surface area contributed by atoms with Crippen LogP contribution in [-0.4, -0.2) is 7.05 Å². The third-order valence-electron chi connectivity index (χ3n) is 2.90. The zero-order valence-corrected chi connectivity index (χ0v) is 11.4. The second-order valence-corrected chi connectivity index (χ2v) is 6.16. The lowest BCUT2D eigenvalue weighted by atomic mass is 10.1. The lowest BCUT2D eigenvalue weighted by Gasteiger charge is -2.11. The molecule has 3 aromatic rings. The predicted molar refractivity (Wildman–Crippen MR) is 77.0 cm³/mol. The molecule has 4 heteroatoms. The van der Waals surface area contributed by atoms with Crippen molar-refractivity contribution in [2.45, 2.75) is 6.04 Å². The summed E-state index contributed by atoms with van der Waals surface area (Å²) in [6, 6.07) is 11.4. The van der Waals surface area contributed by atoms with E-state index in [-0.39, 0.29) is 11.9 Å². The number of fused-ring (bicyclic) bond motifs is 1. The average Bonchev–Trinajstić information content (AvgIpc) is 2.98. The number of benzene rings is 1. The highest BCUT2D eigenvalue weighted by atomic mass is 32.1. The molecule has 92 valence electrons. The van der Waals surface area contributed by atoms with Gasteiger partial charge in [0.25, 0.3) is 0 Å². The highest BCUT2D eigenvalue weighted by Crippen LogP contribution is 2.34. The minimum absolute atomic E-state index is 0.177. The maximum absolute atomic E-state index is 13.2. The highest BCUT2D eigenvalue weighted by molar-refractivity contribution is 7.19. The Bertz CT molecular complexity index is 658. The standard InChI is InChI=1S/C14H12FNS2/c1-16-14(12-3-2-6-17-12)13-8-9-7-10(15)4-5-11(9)18-13/h2-8,14,16H,1H3. The molecule has 0 saturated heterocycles. The molecule has 0 bridgehead atoms. The first-order valence-electron chi connectivity index (χ1n) is 5.67. The van der Waals surface area contributed by atoms with Crippen LogP contribution in [0.3, 0.4) is 0 Å². The van der Waals surface area contributed by atoms with Gasteiger partial charge >= 0.3 is 0 Å².